The van der Waals surface area contributed by atoms with Gasteiger partial charge in [-0.1, -0.05) is 29.0 Å². The molecular formula is C16H13ClN2O2S. The van der Waals surface area contributed by atoms with Gasteiger partial charge in [-0.25, -0.2) is 4.98 Å². The molecule has 112 valence electrons. The zero-order chi connectivity index (χ0) is 15.7. The van der Waals surface area contributed by atoms with Crippen molar-refractivity contribution in [2.45, 2.75) is 6.92 Å². The number of benzene rings is 2. The van der Waals surface area contributed by atoms with Crippen LogP contribution in [-0.2, 0) is 0 Å². The normalized spacial score (nSPS) is 10.7. The number of methoxy groups -OCH3 is 1. The van der Waals surface area contributed by atoms with E-state index in [0.717, 1.165) is 15.8 Å². The monoisotopic (exact) mass is 332 g/mol. The summed E-state index contributed by atoms with van der Waals surface area (Å²) in [5.41, 5.74) is 2.39. The van der Waals surface area contributed by atoms with Crippen molar-refractivity contribution in [3.63, 3.8) is 0 Å². The van der Waals surface area contributed by atoms with E-state index in [2.05, 4.69) is 10.3 Å². The number of ether oxygens (including phenoxy) is 1. The summed E-state index contributed by atoms with van der Waals surface area (Å²) < 4.78 is 6.32. The second-order valence-electron chi connectivity index (χ2n) is 4.74. The molecule has 0 atom stereocenters. The first-order chi connectivity index (χ1) is 10.6. The van der Waals surface area contributed by atoms with Crippen molar-refractivity contribution < 1.29 is 9.53 Å². The van der Waals surface area contributed by atoms with E-state index in [1.54, 1.807) is 31.4 Å². The second-order valence-corrected chi connectivity index (χ2v) is 6.18. The minimum Gasteiger partial charge on any atom is -0.494 e. The summed E-state index contributed by atoms with van der Waals surface area (Å²) in [5.74, 6) is 0.483. The highest BCUT2D eigenvalue weighted by atomic mass is 35.5. The molecular weight excluding hydrogens is 320 g/mol. The van der Waals surface area contributed by atoms with Crippen molar-refractivity contribution in [1.29, 1.82) is 0 Å². The molecule has 0 aliphatic heterocycles. The summed E-state index contributed by atoms with van der Waals surface area (Å²) in [4.78, 5) is 16.7. The number of halogens is 1. The lowest BCUT2D eigenvalue weighted by atomic mass is 10.2. The van der Waals surface area contributed by atoms with Crippen LogP contribution in [0.15, 0.2) is 36.4 Å². The maximum absolute atomic E-state index is 12.2. The van der Waals surface area contributed by atoms with Crippen LogP contribution in [0.5, 0.6) is 5.75 Å². The maximum atomic E-state index is 12.2. The van der Waals surface area contributed by atoms with E-state index >= 15 is 0 Å². The third-order valence-electron chi connectivity index (χ3n) is 3.25. The first-order valence-corrected chi connectivity index (χ1v) is 7.79. The maximum Gasteiger partial charge on any atom is 0.257 e. The van der Waals surface area contributed by atoms with Crippen LogP contribution in [0.1, 0.15) is 15.9 Å². The topological polar surface area (TPSA) is 51.2 Å². The van der Waals surface area contributed by atoms with Gasteiger partial charge in [0.2, 0.25) is 0 Å². The number of carbonyl (C=O) groups is 1. The Morgan fingerprint density at radius 2 is 1.95 bits per heavy atom. The highest BCUT2D eigenvalue weighted by Gasteiger charge is 2.13. The Kier molecular flexibility index (Phi) is 4.00. The lowest BCUT2D eigenvalue weighted by Gasteiger charge is -2.01. The van der Waals surface area contributed by atoms with E-state index in [-0.39, 0.29) is 5.91 Å². The Morgan fingerprint density at radius 3 is 2.64 bits per heavy atom. The molecule has 3 aromatic rings. The smallest absolute Gasteiger partial charge is 0.257 e. The summed E-state index contributed by atoms with van der Waals surface area (Å²) in [6.45, 7) is 2.00. The Labute approximate surface area is 136 Å². The minimum atomic E-state index is -0.215. The molecule has 1 N–H and O–H groups in total. The fraction of sp³-hybridized carbons (Fsp3) is 0.125. The molecule has 3 rings (SSSR count). The highest BCUT2D eigenvalue weighted by molar-refractivity contribution is 7.22. The molecule has 0 unspecified atom stereocenters. The van der Waals surface area contributed by atoms with Gasteiger partial charge in [0.1, 0.15) is 11.3 Å². The average Bonchev–Trinajstić information content (AvgIpc) is 2.93. The molecule has 22 heavy (non-hydrogen) atoms. The summed E-state index contributed by atoms with van der Waals surface area (Å²) in [5, 5.41) is 3.95. The van der Waals surface area contributed by atoms with Gasteiger partial charge in [0, 0.05) is 10.6 Å². The number of carbonyl (C=O) groups excluding carboxylic acids is 1. The molecule has 0 bridgehead atoms. The van der Waals surface area contributed by atoms with Crippen molar-refractivity contribution in [3.8, 4) is 5.75 Å². The van der Waals surface area contributed by atoms with Crippen LogP contribution in [0.4, 0.5) is 5.13 Å². The molecule has 0 saturated carbocycles. The summed E-state index contributed by atoms with van der Waals surface area (Å²) in [7, 11) is 1.61. The van der Waals surface area contributed by atoms with Gasteiger partial charge in [0.15, 0.2) is 5.13 Å². The second kappa shape index (κ2) is 5.94. The quantitative estimate of drug-likeness (QED) is 0.767. The van der Waals surface area contributed by atoms with Gasteiger partial charge in [-0.15, -0.1) is 0 Å². The van der Waals surface area contributed by atoms with Crippen molar-refractivity contribution in [3.05, 3.63) is 52.5 Å². The Balaban J connectivity index is 1.92. The zero-order valence-electron chi connectivity index (χ0n) is 12.0. The minimum absolute atomic E-state index is 0.215. The average molecular weight is 333 g/mol. The molecule has 0 saturated heterocycles. The molecule has 1 amide bonds. The van der Waals surface area contributed by atoms with Gasteiger partial charge in [0.05, 0.1) is 11.8 Å². The molecule has 2 aromatic carbocycles. The molecule has 1 heterocycles. The number of aryl methyl sites for hydroxylation is 1. The molecule has 1 aromatic heterocycles. The van der Waals surface area contributed by atoms with Crippen molar-refractivity contribution in [2.75, 3.05) is 12.4 Å². The summed E-state index contributed by atoms with van der Waals surface area (Å²) in [6, 6.07) is 10.6. The lowest BCUT2D eigenvalue weighted by molar-refractivity contribution is 0.102. The number of rotatable bonds is 3. The fourth-order valence-corrected chi connectivity index (χ4v) is 3.17. The molecule has 0 aliphatic rings. The van der Waals surface area contributed by atoms with Gasteiger partial charge < -0.3 is 4.74 Å². The van der Waals surface area contributed by atoms with Crippen LogP contribution in [0.3, 0.4) is 0 Å². The first kappa shape index (κ1) is 14.8. The van der Waals surface area contributed by atoms with E-state index < -0.39 is 0 Å². The number of amides is 1. The number of aromatic nitrogens is 1. The molecule has 4 nitrogen and oxygen atoms in total. The van der Waals surface area contributed by atoms with Crippen LogP contribution in [0.2, 0.25) is 5.02 Å². The largest absolute Gasteiger partial charge is 0.494 e. The Bertz CT molecular complexity index is 843. The van der Waals surface area contributed by atoms with Crippen LogP contribution in [0, 0.1) is 6.92 Å². The first-order valence-electron chi connectivity index (χ1n) is 6.59. The van der Waals surface area contributed by atoms with Crippen LogP contribution < -0.4 is 10.1 Å². The molecule has 0 aliphatic carbocycles. The standard InChI is InChI=1S/C16H13ClN2O2S/c1-9-3-8-12(21-2)13-14(9)22-16(18-13)19-15(20)10-4-6-11(17)7-5-10/h3-8H,1-2H3,(H,18,19,20). The van der Waals surface area contributed by atoms with Crippen molar-refractivity contribution in [2.24, 2.45) is 0 Å². The number of thiazole rings is 1. The number of hydrogen-bond acceptors (Lipinski definition) is 4. The lowest BCUT2D eigenvalue weighted by Crippen LogP contribution is -2.11. The van der Waals surface area contributed by atoms with E-state index in [0.29, 0.717) is 21.5 Å². The predicted molar refractivity (Wildman–Crippen MR) is 90.3 cm³/mol. The number of nitrogens with zero attached hydrogens (tertiary/aromatic N) is 1. The third kappa shape index (κ3) is 2.77. The molecule has 0 fully saturated rings. The molecule has 0 spiro atoms. The zero-order valence-corrected chi connectivity index (χ0v) is 13.6. The third-order valence-corrected chi connectivity index (χ3v) is 4.61. The molecule has 0 radical (unpaired) electrons. The van der Waals surface area contributed by atoms with Gasteiger partial charge >= 0.3 is 0 Å². The number of nitrogens with one attached hydrogen (secondary N) is 1. The van der Waals surface area contributed by atoms with Gasteiger partial charge in [-0.05, 0) is 42.8 Å². The van der Waals surface area contributed by atoms with E-state index in [4.69, 9.17) is 16.3 Å². The van der Waals surface area contributed by atoms with E-state index in [1.165, 1.54) is 11.3 Å². The molecule has 6 heteroatoms. The van der Waals surface area contributed by atoms with Crippen LogP contribution >= 0.6 is 22.9 Å². The highest BCUT2D eigenvalue weighted by Crippen LogP contribution is 2.34. The van der Waals surface area contributed by atoms with Crippen LogP contribution in [-0.4, -0.2) is 18.0 Å². The fourth-order valence-electron chi connectivity index (χ4n) is 2.10. The summed E-state index contributed by atoms with van der Waals surface area (Å²) in [6.07, 6.45) is 0. The van der Waals surface area contributed by atoms with Crippen molar-refractivity contribution >= 4 is 44.2 Å². The van der Waals surface area contributed by atoms with Gasteiger partial charge in [0.25, 0.3) is 5.91 Å². The van der Waals surface area contributed by atoms with Crippen molar-refractivity contribution in [1.82, 2.24) is 4.98 Å². The summed E-state index contributed by atoms with van der Waals surface area (Å²) >= 11 is 7.26. The van der Waals surface area contributed by atoms with E-state index in [1.807, 2.05) is 19.1 Å². The Morgan fingerprint density at radius 1 is 1.23 bits per heavy atom. The SMILES string of the molecule is COc1ccc(C)c2sc(NC(=O)c3ccc(Cl)cc3)nc12. The number of anilines is 1. The number of hydrogen-bond donors (Lipinski definition) is 1. The van der Waals surface area contributed by atoms with Gasteiger partial charge in [-0.2, -0.15) is 0 Å². The predicted octanol–water partition coefficient (Wildman–Crippen LogP) is 4.52. The van der Waals surface area contributed by atoms with E-state index in [9.17, 15) is 4.79 Å². The van der Waals surface area contributed by atoms with Crippen LogP contribution in [0.25, 0.3) is 10.2 Å². The number of fused-ring (bicyclic) bond motifs is 1. The Hall–Kier alpha value is -2.11. The van der Waals surface area contributed by atoms with Gasteiger partial charge in [-0.3, -0.25) is 10.1 Å².